The first-order valence-electron chi connectivity index (χ1n) is 12.0. The molecular formula is C26H29N5O5. The highest BCUT2D eigenvalue weighted by Gasteiger charge is 2.25. The van der Waals surface area contributed by atoms with Crippen molar-refractivity contribution in [1.82, 2.24) is 24.7 Å². The average Bonchev–Trinajstić information content (AvgIpc) is 3.58. The second-order valence-electron chi connectivity index (χ2n) is 8.94. The lowest BCUT2D eigenvalue weighted by atomic mass is 10.1. The van der Waals surface area contributed by atoms with Crippen LogP contribution >= 0.6 is 0 Å². The van der Waals surface area contributed by atoms with Crippen LogP contribution in [0.3, 0.4) is 0 Å². The third-order valence-electron chi connectivity index (χ3n) is 6.38. The molecule has 36 heavy (non-hydrogen) atoms. The van der Waals surface area contributed by atoms with Gasteiger partial charge in [0.25, 0.3) is 5.91 Å². The molecule has 0 N–H and O–H groups in total. The maximum atomic E-state index is 13.1. The fourth-order valence-corrected chi connectivity index (χ4v) is 4.35. The third kappa shape index (κ3) is 5.65. The number of ether oxygens (including phenoxy) is 2. The molecule has 1 aromatic carbocycles. The molecule has 2 aromatic heterocycles. The molecule has 0 radical (unpaired) electrons. The predicted molar refractivity (Wildman–Crippen MR) is 129 cm³/mol. The lowest BCUT2D eigenvalue weighted by Gasteiger charge is -2.35. The van der Waals surface area contributed by atoms with Gasteiger partial charge in [0.15, 0.2) is 11.5 Å². The quantitative estimate of drug-likeness (QED) is 0.474. The van der Waals surface area contributed by atoms with Gasteiger partial charge in [-0.3, -0.25) is 19.5 Å². The number of hydrogen-bond donors (Lipinski definition) is 0. The van der Waals surface area contributed by atoms with E-state index in [0.717, 1.165) is 42.4 Å². The zero-order valence-corrected chi connectivity index (χ0v) is 20.3. The Bertz CT molecular complexity index is 1190. The van der Waals surface area contributed by atoms with Gasteiger partial charge < -0.3 is 23.7 Å². The maximum Gasteiger partial charge on any atom is 0.274 e. The highest BCUT2D eigenvalue weighted by atomic mass is 16.7. The normalized spacial score (nSPS) is 15.2. The van der Waals surface area contributed by atoms with Gasteiger partial charge in [0, 0.05) is 51.9 Å². The van der Waals surface area contributed by atoms with E-state index in [1.165, 1.54) is 6.20 Å². The fourth-order valence-electron chi connectivity index (χ4n) is 4.35. The molecule has 2 amide bonds. The van der Waals surface area contributed by atoms with E-state index in [2.05, 4.69) is 14.9 Å². The van der Waals surface area contributed by atoms with Crippen LogP contribution in [0.25, 0.3) is 0 Å². The van der Waals surface area contributed by atoms with Gasteiger partial charge in [0.1, 0.15) is 11.5 Å². The monoisotopic (exact) mass is 491 g/mol. The maximum absolute atomic E-state index is 13.1. The molecule has 2 aliphatic heterocycles. The number of rotatable bonds is 8. The Morgan fingerprint density at radius 3 is 2.61 bits per heavy atom. The van der Waals surface area contributed by atoms with Gasteiger partial charge in [-0.2, -0.15) is 0 Å². The first-order valence-corrected chi connectivity index (χ1v) is 12.0. The Balaban J connectivity index is 1.14. The van der Waals surface area contributed by atoms with E-state index >= 15 is 0 Å². The molecule has 3 aromatic rings. The number of fused-ring (bicyclic) bond motifs is 1. The highest BCUT2D eigenvalue weighted by molar-refractivity contribution is 5.92. The number of carbonyl (C=O) groups is 2. The van der Waals surface area contributed by atoms with Crippen LogP contribution in [0, 0.1) is 6.92 Å². The number of hydrogen-bond acceptors (Lipinski definition) is 8. The third-order valence-corrected chi connectivity index (χ3v) is 6.38. The van der Waals surface area contributed by atoms with Crippen LogP contribution in [0.5, 0.6) is 11.5 Å². The van der Waals surface area contributed by atoms with Crippen molar-refractivity contribution in [2.45, 2.75) is 26.4 Å². The molecule has 0 spiro atoms. The lowest BCUT2D eigenvalue weighted by Crippen LogP contribution is -2.49. The number of aryl methyl sites for hydroxylation is 1. The van der Waals surface area contributed by atoms with E-state index in [9.17, 15) is 9.59 Å². The van der Waals surface area contributed by atoms with E-state index in [1.54, 1.807) is 23.4 Å². The minimum atomic E-state index is -0.278. The summed E-state index contributed by atoms with van der Waals surface area (Å²) in [5.74, 6) is 1.97. The molecule has 4 heterocycles. The lowest BCUT2D eigenvalue weighted by molar-refractivity contribution is -0.133. The number of aromatic nitrogens is 2. The van der Waals surface area contributed by atoms with Crippen LogP contribution in [0.4, 0.5) is 0 Å². The topological polar surface area (TPSA) is 101 Å². The Hall–Kier alpha value is -3.92. The van der Waals surface area contributed by atoms with Crippen LogP contribution in [0.2, 0.25) is 0 Å². The van der Waals surface area contributed by atoms with Gasteiger partial charge in [0.05, 0.1) is 24.7 Å². The minimum absolute atomic E-state index is 0.0324. The predicted octanol–water partition coefficient (Wildman–Crippen LogP) is 2.48. The van der Waals surface area contributed by atoms with Crippen LogP contribution in [-0.4, -0.2) is 76.0 Å². The minimum Gasteiger partial charge on any atom is -0.467 e. The van der Waals surface area contributed by atoms with Gasteiger partial charge in [-0.05, 0) is 36.8 Å². The molecule has 0 atom stereocenters. The SMILES string of the molecule is Cc1cnc(C(=O)N(CCC(=O)N2CCN(Cc3ccc4c(c3)OCO4)CC2)Cc2ccco2)cn1. The number of carbonyl (C=O) groups excluding carboxylic acids is 2. The molecule has 0 saturated carbocycles. The molecule has 1 saturated heterocycles. The number of furan rings is 1. The average molecular weight is 492 g/mol. The number of nitrogens with zero attached hydrogens (tertiary/aromatic N) is 5. The van der Waals surface area contributed by atoms with E-state index in [1.807, 2.05) is 36.1 Å². The molecule has 10 nitrogen and oxygen atoms in total. The summed E-state index contributed by atoms with van der Waals surface area (Å²) in [7, 11) is 0. The molecule has 1 fully saturated rings. The summed E-state index contributed by atoms with van der Waals surface area (Å²) in [5, 5.41) is 0. The van der Waals surface area contributed by atoms with E-state index < -0.39 is 0 Å². The van der Waals surface area contributed by atoms with E-state index in [-0.39, 0.29) is 43.8 Å². The van der Waals surface area contributed by atoms with Gasteiger partial charge in [-0.1, -0.05) is 6.07 Å². The van der Waals surface area contributed by atoms with Crippen molar-refractivity contribution in [3.63, 3.8) is 0 Å². The van der Waals surface area contributed by atoms with Crippen LogP contribution in [-0.2, 0) is 17.9 Å². The molecule has 10 heteroatoms. The summed E-state index contributed by atoms with van der Waals surface area (Å²) in [6.07, 6.45) is 4.83. The molecule has 0 unspecified atom stereocenters. The first kappa shape index (κ1) is 23.8. The van der Waals surface area contributed by atoms with Gasteiger partial charge in [-0.25, -0.2) is 4.98 Å². The van der Waals surface area contributed by atoms with Gasteiger partial charge >= 0.3 is 0 Å². The molecule has 5 rings (SSSR count). The van der Waals surface area contributed by atoms with E-state index in [0.29, 0.717) is 18.8 Å². The van der Waals surface area contributed by atoms with Crippen LogP contribution < -0.4 is 9.47 Å². The summed E-state index contributed by atoms with van der Waals surface area (Å²) in [5.41, 5.74) is 2.14. The Morgan fingerprint density at radius 2 is 1.86 bits per heavy atom. The number of benzene rings is 1. The second-order valence-corrected chi connectivity index (χ2v) is 8.94. The standard InChI is InChI=1S/C26H29N5O5/c1-19-14-28-22(15-27-19)26(33)31(17-21-3-2-12-34-21)7-6-25(32)30-10-8-29(9-11-30)16-20-4-5-23-24(13-20)36-18-35-23/h2-5,12-15H,6-11,16-18H2,1H3. The van der Waals surface area contributed by atoms with E-state index in [4.69, 9.17) is 13.9 Å². The molecule has 0 bridgehead atoms. The summed E-state index contributed by atoms with van der Waals surface area (Å²) in [6, 6.07) is 9.59. The molecule has 0 aliphatic carbocycles. The Kier molecular flexibility index (Phi) is 7.13. The van der Waals surface area contributed by atoms with Crippen molar-refractivity contribution in [1.29, 1.82) is 0 Å². The summed E-state index contributed by atoms with van der Waals surface area (Å²) >= 11 is 0. The Labute approximate surface area is 209 Å². The molecular weight excluding hydrogens is 462 g/mol. The summed E-state index contributed by atoms with van der Waals surface area (Å²) in [4.78, 5) is 40.2. The van der Waals surface area contributed by atoms with Crippen molar-refractivity contribution in [2.75, 3.05) is 39.5 Å². The van der Waals surface area contributed by atoms with Gasteiger partial charge in [-0.15, -0.1) is 0 Å². The van der Waals surface area contributed by atoms with Crippen molar-refractivity contribution < 1.29 is 23.5 Å². The van der Waals surface area contributed by atoms with Crippen molar-refractivity contribution in [3.05, 3.63) is 71.7 Å². The largest absolute Gasteiger partial charge is 0.467 e. The van der Waals surface area contributed by atoms with Gasteiger partial charge in [0.2, 0.25) is 12.7 Å². The molecule has 2 aliphatic rings. The zero-order chi connectivity index (χ0) is 24.9. The van der Waals surface area contributed by atoms with Crippen molar-refractivity contribution in [3.8, 4) is 11.5 Å². The number of piperazine rings is 1. The highest BCUT2D eigenvalue weighted by Crippen LogP contribution is 2.32. The first-order chi connectivity index (χ1) is 17.5. The van der Waals surface area contributed by atoms with Crippen LogP contribution in [0.15, 0.2) is 53.4 Å². The van der Waals surface area contributed by atoms with Crippen molar-refractivity contribution >= 4 is 11.8 Å². The summed E-state index contributed by atoms with van der Waals surface area (Å²) in [6.45, 7) is 6.28. The number of amides is 2. The fraction of sp³-hybridized carbons (Fsp3) is 0.385. The zero-order valence-electron chi connectivity index (χ0n) is 20.3. The van der Waals surface area contributed by atoms with Crippen molar-refractivity contribution in [2.24, 2.45) is 0 Å². The summed E-state index contributed by atoms with van der Waals surface area (Å²) < 4.78 is 16.3. The molecule has 188 valence electrons. The Morgan fingerprint density at radius 1 is 1.03 bits per heavy atom. The van der Waals surface area contributed by atoms with Crippen LogP contribution in [0.1, 0.15) is 33.9 Å². The second kappa shape index (κ2) is 10.8. The smallest absolute Gasteiger partial charge is 0.274 e.